The van der Waals surface area contributed by atoms with Crippen molar-refractivity contribution < 1.29 is 18.0 Å². The van der Waals surface area contributed by atoms with Crippen molar-refractivity contribution in [2.45, 2.75) is 19.1 Å². The van der Waals surface area contributed by atoms with Gasteiger partial charge in [-0.3, -0.25) is 4.79 Å². The van der Waals surface area contributed by atoms with Gasteiger partial charge in [0.2, 0.25) is 0 Å². The number of halogens is 4. The van der Waals surface area contributed by atoms with E-state index >= 15 is 0 Å². The van der Waals surface area contributed by atoms with Crippen LogP contribution in [0.25, 0.3) is 5.82 Å². The van der Waals surface area contributed by atoms with Gasteiger partial charge in [0.15, 0.2) is 11.6 Å². The first kappa shape index (κ1) is 20.3. The van der Waals surface area contributed by atoms with Gasteiger partial charge >= 0.3 is 6.18 Å². The molecule has 0 bridgehead atoms. The van der Waals surface area contributed by atoms with Crippen molar-refractivity contribution in [3.05, 3.63) is 70.4 Å². The summed E-state index contributed by atoms with van der Waals surface area (Å²) in [5.41, 5.74) is -0.914. The van der Waals surface area contributed by atoms with Crippen LogP contribution in [0.15, 0.2) is 42.9 Å². The molecule has 29 heavy (non-hydrogen) atoms. The molecule has 1 amide bonds. The second kappa shape index (κ2) is 7.89. The maximum Gasteiger partial charge on any atom is 0.416 e. The fourth-order valence-electron chi connectivity index (χ4n) is 2.55. The van der Waals surface area contributed by atoms with Crippen molar-refractivity contribution >= 4 is 17.5 Å². The van der Waals surface area contributed by atoms with E-state index in [4.69, 9.17) is 16.9 Å². The predicted octanol–water partition coefficient (Wildman–Crippen LogP) is 3.70. The van der Waals surface area contributed by atoms with Gasteiger partial charge in [-0.25, -0.2) is 9.97 Å². The molecule has 2 heterocycles. The number of hydrogen-bond acceptors (Lipinski definition) is 5. The van der Waals surface area contributed by atoms with Gasteiger partial charge in [0.1, 0.15) is 6.33 Å². The van der Waals surface area contributed by atoms with Crippen LogP contribution < -0.4 is 5.32 Å². The molecule has 1 atom stereocenters. The highest BCUT2D eigenvalue weighted by Gasteiger charge is 2.32. The summed E-state index contributed by atoms with van der Waals surface area (Å²) in [5, 5.41) is 15.4. The Kier molecular flexibility index (Phi) is 5.52. The molecule has 0 saturated heterocycles. The highest BCUT2D eigenvalue weighted by Crippen LogP contribution is 2.32. The highest BCUT2D eigenvalue weighted by molar-refractivity contribution is 6.31. The Bertz CT molecular complexity index is 1110. The Morgan fingerprint density at radius 1 is 1.28 bits per heavy atom. The minimum absolute atomic E-state index is 0.210. The summed E-state index contributed by atoms with van der Waals surface area (Å²) >= 11 is 5.73. The van der Waals surface area contributed by atoms with Crippen molar-refractivity contribution in [3.8, 4) is 11.9 Å². The van der Waals surface area contributed by atoms with Gasteiger partial charge in [0, 0.05) is 22.8 Å². The molecular formula is C18H12ClF3N6O. The standard InChI is InChI=1S/C18H12ClF3N6O/c1-10(16-25-9-26-28(16)15-4-11(8-23)2-3-24-15)27-17(29)12-5-13(18(20,21)22)7-14(19)6-12/h2-7,9-10H,1H3,(H,27,29)/t10-/m0/s1. The summed E-state index contributed by atoms with van der Waals surface area (Å²) in [6.07, 6.45) is -1.98. The Morgan fingerprint density at radius 3 is 2.72 bits per heavy atom. The molecule has 148 valence electrons. The first-order chi connectivity index (χ1) is 13.7. The first-order valence-corrected chi connectivity index (χ1v) is 8.52. The van der Waals surface area contributed by atoms with Crippen LogP contribution in [0.3, 0.4) is 0 Å². The monoisotopic (exact) mass is 420 g/mol. The van der Waals surface area contributed by atoms with Crippen LogP contribution in [0.5, 0.6) is 0 Å². The molecule has 1 N–H and O–H groups in total. The molecule has 0 radical (unpaired) electrons. The fraction of sp³-hybridized carbons (Fsp3) is 0.167. The molecule has 0 aliphatic heterocycles. The summed E-state index contributed by atoms with van der Waals surface area (Å²) in [6, 6.07) is 6.85. The molecule has 7 nitrogen and oxygen atoms in total. The van der Waals surface area contributed by atoms with Gasteiger partial charge < -0.3 is 5.32 Å². The molecular weight excluding hydrogens is 409 g/mol. The summed E-state index contributed by atoms with van der Waals surface area (Å²) in [6.45, 7) is 1.59. The SMILES string of the molecule is C[C@H](NC(=O)c1cc(Cl)cc(C(F)(F)F)c1)c1ncnn1-c1cc(C#N)ccn1. The van der Waals surface area contributed by atoms with Crippen LogP contribution in [0.4, 0.5) is 13.2 Å². The quantitative estimate of drug-likeness (QED) is 0.694. The number of pyridine rings is 1. The van der Waals surface area contributed by atoms with E-state index in [-0.39, 0.29) is 16.4 Å². The number of carbonyl (C=O) groups excluding carboxylic acids is 1. The van der Waals surface area contributed by atoms with Crippen LogP contribution in [0.1, 0.15) is 40.3 Å². The van der Waals surface area contributed by atoms with Crippen molar-refractivity contribution in [1.29, 1.82) is 5.26 Å². The van der Waals surface area contributed by atoms with Gasteiger partial charge in [0.25, 0.3) is 5.91 Å². The van der Waals surface area contributed by atoms with E-state index in [0.29, 0.717) is 11.4 Å². The maximum absolute atomic E-state index is 13.0. The third kappa shape index (κ3) is 4.52. The lowest BCUT2D eigenvalue weighted by Gasteiger charge is -2.15. The number of nitrogens with one attached hydrogen (secondary N) is 1. The van der Waals surface area contributed by atoms with Crippen molar-refractivity contribution in [2.75, 3.05) is 0 Å². The van der Waals surface area contributed by atoms with Crippen LogP contribution >= 0.6 is 11.6 Å². The zero-order valence-electron chi connectivity index (χ0n) is 14.8. The Balaban J connectivity index is 1.86. The third-order valence-corrected chi connectivity index (χ3v) is 4.11. The average Bonchev–Trinajstić information content (AvgIpc) is 3.17. The number of nitriles is 1. The molecule has 11 heteroatoms. The number of carbonyl (C=O) groups is 1. The molecule has 0 aliphatic carbocycles. The lowest BCUT2D eigenvalue weighted by molar-refractivity contribution is -0.137. The number of amides is 1. The maximum atomic E-state index is 13.0. The van der Waals surface area contributed by atoms with Gasteiger partial charge in [0.05, 0.1) is 23.2 Å². The lowest BCUT2D eigenvalue weighted by atomic mass is 10.1. The fourth-order valence-corrected chi connectivity index (χ4v) is 2.79. The largest absolute Gasteiger partial charge is 0.416 e. The molecule has 0 unspecified atom stereocenters. The number of aromatic nitrogens is 4. The Labute approximate surface area is 167 Å². The van der Waals surface area contributed by atoms with Gasteiger partial charge in [-0.15, -0.1) is 0 Å². The van der Waals surface area contributed by atoms with Crippen molar-refractivity contribution in [2.24, 2.45) is 0 Å². The molecule has 0 spiro atoms. The second-order valence-corrected chi connectivity index (χ2v) is 6.40. The van der Waals surface area contributed by atoms with E-state index < -0.39 is 23.7 Å². The zero-order chi connectivity index (χ0) is 21.2. The lowest BCUT2D eigenvalue weighted by Crippen LogP contribution is -2.29. The van der Waals surface area contributed by atoms with E-state index in [0.717, 1.165) is 18.2 Å². The molecule has 3 rings (SSSR count). The van der Waals surface area contributed by atoms with Crippen LogP contribution in [0, 0.1) is 11.3 Å². The summed E-state index contributed by atoms with van der Waals surface area (Å²) in [7, 11) is 0. The molecule has 2 aromatic heterocycles. The van der Waals surface area contributed by atoms with Crippen molar-refractivity contribution in [3.63, 3.8) is 0 Å². The number of nitrogens with zero attached hydrogens (tertiary/aromatic N) is 5. The van der Waals surface area contributed by atoms with Gasteiger partial charge in [-0.1, -0.05) is 11.6 Å². The third-order valence-electron chi connectivity index (χ3n) is 3.89. The summed E-state index contributed by atoms with van der Waals surface area (Å²) < 4.78 is 40.2. The molecule has 0 fully saturated rings. The number of rotatable bonds is 4. The highest BCUT2D eigenvalue weighted by atomic mass is 35.5. The minimum atomic E-state index is -4.64. The molecule has 0 aliphatic rings. The molecule has 1 aromatic carbocycles. The number of benzene rings is 1. The zero-order valence-corrected chi connectivity index (χ0v) is 15.5. The van der Waals surface area contributed by atoms with Crippen LogP contribution in [0.2, 0.25) is 5.02 Å². The van der Waals surface area contributed by atoms with E-state index in [1.807, 2.05) is 6.07 Å². The number of hydrogen-bond donors (Lipinski definition) is 1. The van der Waals surface area contributed by atoms with E-state index in [9.17, 15) is 18.0 Å². The summed E-state index contributed by atoms with van der Waals surface area (Å²) in [5.74, 6) is -0.183. The average molecular weight is 421 g/mol. The summed E-state index contributed by atoms with van der Waals surface area (Å²) in [4.78, 5) is 20.7. The number of alkyl halides is 3. The van der Waals surface area contributed by atoms with Crippen molar-refractivity contribution in [1.82, 2.24) is 25.1 Å². The van der Waals surface area contributed by atoms with E-state index in [1.165, 1.54) is 29.3 Å². The molecule has 0 saturated carbocycles. The molecule has 3 aromatic rings. The van der Waals surface area contributed by atoms with Crippen LogP contribution in [-0.4, -0.2) is 25.7 Å². The smallest absolute Gasteiger partial charge is 0.342 e. The van der Waals surface area contributed by atoms with E-state index in [1.54, 1.807) is 6.92 Å². The van der Waals surface area contributed by atoms with Crippen LogP contribution in [-0.2, 0) is 6.18 Å². The second-order valence-electron chi connectivity index (χ2n) is 5.97. The Hall–Kier alpha value is -3.45. The Morgan fingerprint density at radius 2 is 2.03 bits per heavy atom. The first-order valence-electron chi connectivity index (χ1n) is 8.14. The normalized spacial score (nSPS) is 12.3. The predicted molar refractivity (Wildman–Crippen MR) is 96.2 cm³/mol. The van der Waals surface area contributed by atoms with Gasteiger partial charge in [-0.05, 0) is 31.2 Å². The van der Waals surface area contributed by atoms with Gasteiger partial charge in [-0.2, -0.15) is 28.2 Å². The minimum Gasteiger partial charge on any atom is -0.342 e. The van der Waals surface area contributed by atoms with E-state index in [2.05, 4.69) is 20.4 Å². The topological polar surface area (TPSA) is 96.5 Å².